The molecule has 1 aliphatic heterocycles. The van der Waals surface area contributed by atoms with E-state index in [1.165, 1.54) is 0 Å². The highest BCUT2D eigenvalue weighted by Gasteiger charge is 2.37. The summed E-state index contributed by atoms with van der Waals surface area (Å²) >= 11 is 0. The first-order valence-electron chi connectivity index (χ1n) is 7.81. The lowest BCUT2D eigenvalue weighted by atomic mass is 10.1. The summed E-state index contributed by atoms with van der Waals surface area (Å²) in [5, 5.41) is 0. The van der Waals surface area contributed by atoms with Crippen LogP contribution in [-0.4, -0.2) is 60.3 Å². The first-order valence-corrected chi connectivity index (χ1v) is 7.81. The third kappa shape index (κ3) is 4.63. The quantitative estimate of drug-likeness (QED) is 0.834. The van der Waals surface area contributed by atoms with Crippen molar-refractivity contribution in [3.05, 3.63) is 0 Å². The van der Waals surface area contributed by atoms with E-state index in [4.69, 9.17) is 10.5 Å². The molecule has 1 saturated carbocycles. The minimum atomic E-state index is -0.411. The highest BCUT2D eigenvalue weighted by molar-refractivity contribution is 5.69. The molecular weight excluding hydrogens is 254 g/mol. The van der Waals surface area contributed by atoms with Gasteiger partial charge in [0.15, 0.2) is 0 Å². The summed E-state index contributed by atoms with van der Waals surface area (Å²) < 4.78 is 5.54. The third-order valence-corrected chi connectivity index (χ3v) is 3.89. The van der Waals surface area contributed by atoms with Gasteiger partial charge in [-0.15, -0.1) is 0 Å². The molecule has 0 aromatic carbocycles. The minimum absolute atomic E-state index is 0.141. The van der Waals surface area contributed by atoms with Gasteiger partial charge in [-0.25, -0.2) is 4.79 Å². The molecule has 5 nitrogen and oxygen atoms in total. The molecule has 1 saturated heterocycles. The van der Waals surface area contributed by atoms with E-state index in [2.05, 4.69) is 4.90 Å². The van der Waals surface area contributed by atoms with E-state index in [1.54, 1.807) is 0 Å². The Hall–Kier alpha value is -0.810. The van der Waals surface area contributed by atoms with Crippen LogP contribution in [0.4, 0.5) is 4.79 Å². The number of carbonyl (C=O) groups excluding carboxylic acids is 1. The van der Waals surface area contributed by atoms with Crippen molar-refractivity contribution in [3.63, 3.8) is 0 Å². The van der Waals surface area contributed by atoms with Gasteiger partial charge in [0.1, 0.15) is 5.60 Å². The first-order chi connectivity index (χ1) is 9.39. The largest absolute Gasteiger partial charge is 0.444 e. The van der Waals surface area contributed by atoms with E-state index in [1.807, 2.05) is 25.7 Å². The van der Waals surface area contributed by atoms with Crippen LogP contribution in [0.3, 0.4) is 0 Å². The summed E-state index contributed by atoms with van der Waals surface area (Å²) in [6.45, 7) is 10.5. The number of nitrogens with two attached hydrogens (primary N) is 1. The average molecular weight is 283 g/mol. The Morgan fingerprint density at radius 2 is 2.05 bits per heavy atom. The second-order valence-corrected chi connectivity index (χ2v) is 7.11. The zero-order chi connectivity index (χ0) is 14.8. The Balaban J connectivity index is 1.85. The Kier molecular flexibility index (Phi) is 4.91. The number of likely N-dealkylation sites (tertiary alicyclic amines) is 1. The molecular formula is C15H29N3O2. The molecule has 2 N–H and O–H groups in total. The van der Waals surface area contributed by atoms with Crippen molar-refractivity contribution in [2.45, 2.75) is 51.7 Å². The molecule has 0 aromatic heterocycles. The van der Waals surface area contributed by atoms with Crippen molar-refractivity contribution in [1.29, 1.82) is 0 Å². The van der Waals surface area contributed by atoms with Crippen LogP contribution in [0.25, 0.3) is 0 Å². The molecule has 0 aromatic rings. The smallest absolute Gasteiger partial charge is 0.410 e. The molecule has 20 heavy (non-hydrogen) atoms. The number of carbonyl (C=O) groups is 1. The Bertz CT molecular complexity index is 337. The maximum atomic E-state index is 12.3. The number of amides is 1. The van der Waals surface area contributed by atoms with Crippen molar-refractivity contribution in [1.82, 2.24) is 9.80 Å². The summed E-state index contributed by atoms with van der Waals surface area (Å²) in [4.78, 5) is 16.7. The van der Waals surface area contributed by atoms with Crippen LogP contribution in [0.15, 0.2) is 0 Å². The van der Waals surface area contributed by atoms with Gasteiger partial charge >= 0.3 is 6.09 Å². The molecule has 116 valence electrons. The Labute approximate surface area is 122 Å². The number of ether oxygens (including phenoxy) is 1. The molecule has 5 heteroatoms. The maximum Gasteiger partial charge on any atom is 0.410 e. The summed E-state index contributed by atoms with van der Waals surface area (Å²) in [6.07, 6.45) is 3.26. The van der Waals surface area contributed by atoms with Crippen LogP contribution in [0, 0.1) is 5.92 Å². The number of rotatable bonds is 5. The highest BCUT2D eigenvalue weighted by atomic mass is 16.6. The molecule has 2 rings (SSSR count). The molecule has 1 aliphatic carbocycles. The molecule has 0 spiro atoms. The molecule has 0 bridgehead atoms. The molecule has 2 aliphatic rings. The van der Waals surface area contributed by atoms with Crippen LogP contribution in [-0.2, 0) is 4.74 Å². The standard InChI is InChI=1S/C15H29N3O2/c1-15(2,3)20-14(19)18(13-4-5-13)11-12-6-8-17(10-12)9-7-16/h12-13H,4-11,16H2,1-3H3/t12-/m1/s1. The number of hydrogen-bond acceptors (Lipinski definition) is 4. The van der Waals surface area contributed by atoms with Gasteiger partial charge in [0, 0.05) is 32.2 Å². The van der Waals surface area contributed by atoms with Gasteiger partial charge in [0.25, 0.3) is 0 Å². The van der Waals surface area contributed by atoms with Crippen LogP contribution in [0.2, 0.25) is 0 Å². The Morgan fingerprint density at radius 3 is 2.60 bits per heavy atom. The lowest BCUT2D eigenvalue weighted by Crippen LogP contribution is -2.41. The third-order valence-electron chi connectivity index (χ3n) is 3.89. The maximum absolute atomic E-state index is 12.3. The van der Waals surface area contributed by atoms with E-state index >= 15 is 0 Å². The van der Waals surface area contributed by atoms with E-state index in [9.17, 15) is 4.79 Å². The zero-order valence-electron chi connectivity index (χ0n) is 13.1. The molecule has 2 fully saturated rings. The van der Waals surface area contributed by atoms with Crippen LogP contribution < -0.4 is 5.73 Å². The van der Waals surface area contributed by atoms with Gasteiger partial charge in [0.05, 0.1) is 0 Å². The molecule has 0 unspecified atom stereocenters. The second kappa shape index (κ2) is 6.31. The summed E-state index contributed by atoms with van der Waals surface area (Å²) in [5.74, 6) is 0.565. The molecule has 1 atom stereocenters. The lowest BCUT2D eigenvalue weighted by Gasteiger charge is -2.29. The minimum Gasteiger partial charge on any atom is -0.444 e. The average Bonchev–Trinajstić information content (AvgIpc) is 3.06. The molecule has 1 amide bonds. The van der Waals surface area contributed by atoms with Gasteiger partial charge < -0.3 is 20.3 Å². The first kappa shape index (κ1) is 15.6. The lowest BCUT2D eigenvalue weighted by molar-refractivity contribution is 0.0205. The van der Waals surface area contributed by atoms with E-state index < -0.39 is 5.60 Å². The summed E-state index contributed by atoms with van der Waals surface area (Å²) in [6, 6.07) is 0.411. The predicted molar refractivity (Wildman–Crippen MR) is 79.6 cm³/mol. The highest BCUT2D eigenvalue weighted by Crippen LogP contribution is 2.30. The van der Waals surface area contributed by atoms with Crippen molar-refractivity contribution in [3.8, 4) is 0 Å². The van der Waals surface area contributed by atoms with Crippen LogP contribution in [0.1, 0.15) is 40.0 Å². The number of hydrogen-bond donors (Lipinski definition) is 1. The van der Waals surface area contributed by atoms with Gasteiger partial charge in [0.2, 0.25) is 0 Å². The predicted octanol–water partition coefficient (Wildman–Crippen LogP) is 1.67. The van der Waals surface area contributed by atoms with E-state index in [0.717, 1.165) is 45.4 Å². The Morgan fingerprint density at radius 1 is 1.35 bits per heavy atom. The molecule has 1 heterocycles. The van der Waals surface area contributed by atoms with Crippen LogP contribution >= 0.6 is 0 Å². The van der Waals surface area contributed by atoms with Gasteiger partial charge in [-0.05, 0) is 52.5 Å². The van der Waals surface area contributed by atoms with Crippen molar-refractivity contribution >= 4 is 6.09 Å². The summed E-state index contributed by atoms with van der Waals surface area (Å²) in [5.41, 5.74) is 5.19. The van der Waals surface area contributed by atoms with Crippen molar-refractivity contribution < 1.29 is 9.53 Å². The van der Waals surface area contributed by atoms with Gasteiger partial charge in [-0.1, -0.05) is 0 Å². The number of nitrogens with zero attached hydrogens (tertiary/aromatic N) is 2. The van der Waals surface area contributed by atoms with E-state index in [-0.39, 0.29) is 6.09 Å². The van der Waals surface area contributed by atoms with Crippen molar-refractivity contribution in [2.75, 3.05) is 32.7 Å². The van der Waals surface area contributed by atoms with E-state index in [0.29, 0.717) is 18.5 Å². The topological polar surface area (TPSA) is 58.8 Å². The molecule has 0 radical (unpaired) electrons. The second-order valence-electron chi connectivity index (χ2n) is 7.11. The van der Waals surface area contributed by atoms with Crippen molar-refractivity contribution in [2.24, 2.45) is 11.7 Å². The SMILES string of the molecule is CC(C)(C)OC(=O)N(C[C@@H]1CCN(CCN)C1)C1CC1. The zero-order valence-corrected chi connectivity index (χ0v) is 13.1. The fourth-order valence-corrected chi connectivity index (χ4v) is 2.81. The fraction of sp³-hybridized carbons (Fsp3) is 0.933. The van der Waals surface area contributed by atoms with Gasteiger partial charge in [-0.3, -0.25) is 0 Å². The normalized spacial score (nSPS) is 23.9. The monoisotopic (exact) mass is 283 g/mol. The van der Waals surface area contributed by atoms with Gasteiger partial charge in [-0.2, -0.15) is 0 Å². The van der Waals surface area contributed by atoms with Crippen LogP contribution in [0.5, 0.6) is 0 Å². The summed E-state index contributed by atoms with van der Waals surface area (Å²) in [7, 11) is 0. The fourth-order valence-electron chi connectivity index (χ4n) is 2.81.